The first-order chi connectivity index (χ1) is 8.66. The van der Waals surface area contributed by atoms with E-state index in [-0.39, 0.29) is 11.7 Å². The maximum absolute atomic E-state index is 5.90. The second-order valence-corrected chi connectivity index (χ2v) is 5.93. The molecule has 1 aliphatic heterocycles. The molecule has 1 atom stereocenters. The zero-order valence-corrected chi connectivity index (χ0v) is 11.5. The van der Waals surface area contributed by atoms with Crippen LogP contribution in [0, 0.1) is 5.41 Å². The molecule has 2 heteroatoms. The van der Waals surface area contributed by atoms with E-state index in [1.807, 2.05) is 0 Å². The van der Waals surface area contributed by atoms with Gasteiger partial charge in [-0.05, 0) is 36.7 Å². The molecule has 0 aromatic heterocycles. The van der Waals surface area contributed by atoms with Crippen molar-refractivity contribution in [2.45, 2.75) is 45.8 Å². The maximum atomic E-state index is 5.90. The van der Waals surface area contributed by atoms with Gasteiger partial charge in [-0.15, -0.1) is 0 Å². The molecule has 1 fully saturated rings. The topological polar surface area (TPSA) is 18.5 Å². The van der Waals surface area contributed by atoms with E-state index in [9.17, 15) is 0 Å². The molecule has 1 aromatic rings. The molecule has 1 heterocycles. The van der Waals surface area contributed by atoms with Gasteiger partial charge in [-0.3, -0.25) is 0 Å². The van der Waals surface area contributed by atoms with Crippen LogP contribution in [0.5, 0.6) is 0 Å². The predicted molar refractivity (Wildman–Crippen MR) is 73.5 cm³/mol. The molecule has 2 rings (SSSR count). The van der Waals surface area contributed by atoms with E-state index in [4.69, 9.17) is 9.47 Å². The van der Waals surface area contributed by atoms with E-state index in [1.54, 1.807) is 0 Å². The van der Waals surface area contributed by atoms with Gasteiger partial charge in [0.25, 0.3) is 0 Å². The maximum Gasteiger partial charge on any atom is 0.157 e. The second kappa shape index (κ2) is 6.35. The Morgan fingerprint density at radius 1 is 1.22 bits per heavy atom. The summed E-state index contributed by atoms with van der Waals surface area (Å²) >= 11 is 0. The fraction of sp³-hybridized carbons (Fsp3) is 0.625. The van der Waals surface area contributed by atoms with Crippen LogP contribution in [0.25, 0.3) is 0 Å². The minimum atomic E-state index is 0.0220. The van der Waals surface area contributed by atoms with Crippen LogP contribution in [0.2, 0.25) is 0 Å². The summed E-state index contributed by atoms with van der Waals surface area (Å²) in [6, 6.07) is 10.6. The van der Waals surface area contributed by atoms with Crippen molar-refractivity contribution >= 4 is 0 Å². The largest absolute Gasteiger partial charge is 0.353 e. The molecule has 1 saturated heterocycles. The van der Waals surface area contributed by atoms with Gasteiger partial charge in [0.15, 0.2) is 6.29 Å². The molecular formula is C16H24O2. The van der Waals surface area contributed by atoms with Gasteiger partial charge in [-0.2, -0.15) is 0 Å². The molecule has 1 aliphatic rings. The summed E-state index contributed by atoms with van der Waals surface area (Å²) in [7, 11) is 0. The van der Waals surface area contributed by atoms with Gasteiger partial charge in [-0.1, -0.05) is 44.2 Å². The molecule has 100 valence electrons. The molecule has 0 saturated carbocycles. The van der Waals surface area contributed by atoms with Crippen LogP contribution in [-0.4, -0.2) is 19.5 Å². The molecule has 0 spiro atoms. The number of benzene rings is 1. The van der Waals surface area contributed by atoms with E-state index in [0.29, 0.717) is 0 Å². The van der Waals surface area contributed by atoms with Crippen molar-refractivity contribution < 1.29 is 9.47 Å². The van der Waals surface area contributed by atoms with Crippen molar-refractivity contribution in [3.8, 4) is 0 Å². The van der Waals surface area contributed by atoms with Crippen LogP contribution in [0.1, 0.15) is 38.7 Å². The minimum absolute atomic E-state index is 0.0220. The highest BCUT2D eigenvalue weighted by atomic mass is 16.7. The van der Waals surface area contributed by atoms with E-state index in [1.165, 1.54) is 18.4 Å². The summed E-state index contributed by atoms with van der Waals surface area (Å²) in [5.41, 5.74) is 1.53. The molecule has 1 unspecified atom stereocenters. The summed E-state index contributed by atoms with van der Waals surface area (Å²) in [4.78, 5) is 0. The standard InChI is InChI=1S/C16H24O2/c1-16(2,12-14-8-4-3-5-9-14)13-18-15-10-6-7-11-17-15/h3-5,8-9,15H,6-7,10-13H2,1-2H3. The van der Waals surface area contributed by atoms with Gasteiger partial charge in [0.2, 0.25) is 0 Å². The Morgan fingerprint density at radius 3 is 2.67 bits per heavy atom. The minimum Gasteiger partial charge on any atom is -0.353 e. The molecule has 0 N–H and O–H groups in total. The lowest BCUT2D eigenvalue weighted by molar-refractivity contribution is -0.176. The average molecular weight is 248 g/mol. The first kappa shape index (κ1) is 13.6. The van der Waals surface area contributed by atoms with E-state index >= 15 is 0 Å². The van der Waals surface area contributed by atoms with Crippen LogP contribution >= 0.6 is 0 Å². The van der Waals surface area contributed by atoms with Gasteiger partial charge < -0.3 is 9.47 Å². The molecule has 0 amide bonds. The van der Waals surface area contributed by atoms with Crippen molar-refractivity contribution in [3.05, 3.63) is 35.9 Å². The Labute approximate surface area is 110 Å². The quantitative estimate of drug-likeness (QED) is 0.789. The van der Waals surface area contributed by atoms with Crippen molar-refractivity contribution in [3.63, 3.8) is 0 Å². The fourth-order valence-electron chi connectivity index (χ4n) is 2.36. The van der Waals surface area contributed by atoms with Gasteiger partial charge in [0.1, 0.15) is 0 Å². The predicted octanol–water partition coefficient (Wildman–Crippen LogP) is 3.80. The van der Waals surface area contributed by atoms with Crippen LogP contribution in [0.15, 0.2) is 30.3 Å². The van der Waals surface area contributed by atoms with E-state index < -0.39 is 0 Å². The monoisotopic (exact) mass is 248 g/mol. The van der Waals surface area contributed by atoms with Crippen molar-refractivity contribution in [1.29, 1.82) is 0 Å². The fourth-order valence-corrected chi connectivity index (χ4v) is 2.36. The van der Waals surface area contributed by atoms with E-state index in [0.717, 1.165) is 26.1 Å². The lowest BCUT2D eigenvalue weighted by Crippen LogP contribution is -2.29. The molecule has 0 radical (unpaired) electrons. The van der Waals surface area contributed by atoms with Gasteiger partial charge >= 0.3 is 0 Å². The second-order valence-electron chi connectivity index (χ2n) is 5.93. The summed E-state index contributed by atoms with van der Waals surface area (Å²) < 4.78 is 11.5. The van der Waals surface area contributed by atoms with Crippen molar-refractivity contribution in [2.24, 2.45) is 5.41 Å². The first-order valence-electron chi connectivity index (χ1n) is 6.93. The normalized spacial score (nSPS) is 20.9. The first-order valence-corrected chi connectivity index (χ1v) is 6.93. The molecule has 2 nitrogen and oxygen atoms in total. The van der Waals surface area contributed by atoms with Crippen LogP contribution < -0.4 is 0 Å². The molecule has 1 aromatic carbocycles. The lowest BCUT2D eigenvalue weighted by atomic mass is 9.87. The highest BCUT2D eigenvalue weighted by Gasteiger charge is 2.22. The number of hydrogen-bond donors (Lipinski definition) is 0. The Kier molecular flexibility index (Phi) is 4.79. The van der Waals surface area contributed by atoms with Crippen LogP contribution in [0.4, 0.5) is 0 Å². The highest BCUT2D eigenvalue weighted by Crippen LogP contribution is 2.24. The summed E-state index contributed by atoms with van der Waals surface area (Å²) in [6.07, 6.45) is 4.51. The Morgan fingerprint density at radius 2 is 2.00 bits per heavy atom. The molecule has 0 aliphatic carbocycles. The van der Waals surface area contributed by atoms with Gasteiger partial charge in [0, 0.05) is 6.61 Å². The van der Waals surface area contributed by atoms with Crippen LogP contribution in [-0.2, 0) is 15.9 Å². The molecule has 0 bridgehead atoms. The number of rotatable bonds is 5. The zero-order valence-electron chi connectivity index (χ0n) is 11.5. The number of hydrogen-bond acceptors (Lipinski definition) is 2. The third-order valence-electron chi connectivity index (χ3n) is 3.32. The van der Waals surface area contributed by atoms with Crippen molar-refractivity contribution in [2.75, 3.05) is 13.2 Å². The summed E-state index contributed by atoms with van der Waals surface area (Å²) in [5, 5.41) is 0. The van der Waals surface area contributed by atoms with E-state index in [2.05, 4.69) is 44.2 Å². The smallest absolute Gasteiger partial charge is 0.157 e. The SMILES string of the molecule is CC(C)(COC1CCCCO1)Cc1ccccc1. The Hall–Kier alpha value is -0.860. The zero-order chi connectivity index (χ0) is 12.8. The third kappa shape index (κ3) is 4.43. The van der Waals surface area contributed by atoms with Crippen LogP contribution in [0.3, 0.4) is 0 Å². The molecular weight excluding hydrogens is 224 g/mol. The third-order valence-corrected chi connectivity index (χ3v) is 3.32. The van der Waals surface area contributed by atoms with Gasteiger partial charge in [-0.25, -0.2) is 0 Å². The lowest BCUT2D eigenvalue weighted by Gasteiger charge is -2.29. The highest BCUT2D eigenvalue weighted by molar-refractivity contribution is 5.16. The summed E-state index contributed by atoms with van der Waals surface area (Å²) in [5.74, 6) is 0. The Bertz CT molecular complexity index is 339. The van der Waals surface area contributed by atoms with Gasteiger partial charge in [0.05, 0.1) is 6.61 Å². The molecule has 18 heavy (non-hydrogen) atoms. The summed E-state index contributed by atoms with van der Waals surface area (Å²) in [6.45, 7) is 6.11. The number of ether oxygens (including phenoxy) is 2. The average Bonchev–Trinajstić information content (AvgIpc) is 2.38. The Balaban J connectivity index is 1.79. The van der Waals surface area contributed by atoms with Crippen molar-refractivity contribution in [1.82, 2.24) is 0 Å².